The molecule has 2 aromatic carbocycles. The van der Waals surface area contributed by atoms with Gasteiger partial charge < -0.3 is 14.6 Å². The first-order valence-electron chi connectivity index (χ1n) is 6.39. The monoisotopic (exact) mass is 326 g/mol. The maximum Gasteiger partial charge on any atom is 0.161 e. The van der Waals surface area contributed by atoms with Gasteiger partial charge in [-0.2, -0.15) is 0 Å². The summed E-state index contributed by atoms with van der Waals surface area (Å²) in [4.78, 5) is 0. The molecule has 0 spiro atoms. The van der Waals surface area contributed by atoms with Gasteiger partial charge in [-0.15, -0.1) is 0 Å². The molecule has 0 aliphatic rings. The Morgan fingerprint density at radius 3 is 2.38 bits per heavy atom. The van der Waals surface area contributed by atoms with Crippen molar-refractivity contribution < 1.29 is 14.6 Å². The molecule has 1 unspecified atom stereocenters. The van der Waals surface area contributed by atoms with Gasteiger partial charge in [-0.25, -0.2) is 0 Å². The van der Waals surface area contributed by atoms with Crippen LogP contribution in [-0.2, 0) is 6.42 Å². The Balaban J connectivity index is 2.24. The van der Waals surface area contributed by atoms with E-state index in [1.807, 2.05) is 0 Å². The molecule has 1 atom stereocenters. The average molecular weight is 327 g/mol. The van der Waals surface area contributed by atoms with Crippen LogP contribution in [0, 0.1) is 0 Å². The largest absolute Gasteiger partial charge is 0.493 e. The predicted octanol–water partition coefficient (Wildman–Crippen LogP) is 4.29. The first-order valence-corrected chi connectivity index (χ1v) is 7.14. The van der Waals surface area contributed by atoms with E-state index in [0.29, 0.717) is 28.0 Å². The van der Waals surface area contributed by atoms with E-state index in [0.717, 1.165) is 11.1 Å². The van der Waals surface area contributed by atoms with E-state index >= 15 is 0 Å². The van der Waals surface area contributed by atoms with Gasteiger partial charge in [0.25, 0.3) is 0 Å². The second kappa shape index (κ2) is 7.03. The molecule has 21 heavy (non-hydrogen) atoms. The van der Waals surface area contributed by atoms with Gasteiger partial charge in [0.1, 0.15) is 0 Å². The van der Waals surface area contributed by atoms with Crippen LogP contribution in [0.2, 0.25) is 10.0 Å². The van der Waals surface area contributed by atoms with E-state index in [-0.39, 0.29) is 0 Å². The van der Waals surface area contributed by atoms with Gasteiger partial charge in [0.15, 0.2) is 11.5 Å². The Labute approximate surface area is 134 Å². The van der Waals surface area contributed by atoms with Gasteiger partial charge in [-0.1, -0.05) is 29.3 Å². The van der Waals surface area contributed by atoms with Crippen molar-refractivity contribution in [2.24, 2.45) is 0 Å². The Morgan fingerprint density at radius 2 is 1.71 bits per heavy atom. The molecule has 0 aliphatic carbocycles. The van der Waals surface area contributed by atoms with Gasteiger partial charge in [-0.05, 0) is 41.5 Å². The summed E-state index contributed by atoms with van der Waals surface area (Å²) in [6, 6.07) is 10.5. The zero-order valence-corrected chi connectivity index (χ0v) is 13.3. The van der Waals surface area contributed by atoms with E-state index in [1.54, 1.807) is 50.6 Å². The number of methoxy groups -OCH3 is 2. The average Bonchev–Trinajstić information content (AvgIpc) is 2.50. The van der Waals surface area contributed by atoms with Crippen LogP contribution in [0.4, 0.5) is 0 Å². The van der Waals surface area contributed by atoms with Gasteiger partial charge >= 0.3 is 0 Å². The number of aliphatic hydroxyl groups excluding tert-OH is 1. The Kier molecular flexibility index (Phi) is 5.34. The van der Waals surface area contributed by atoms with Crippen molar-refractivity contribution in [3.8, 4) is 11.5 Å². The van der Waals surface area contributed by atoms with E-state index < -0.39 is 6.10 Å². The van der Waals surface area contributed by atoms with E-state index in [4.69, 9.17) is 32.7 Å². The maximum absolute atomic E-state index is 10.4. The Morgan fingerprint density at radius 1 is 1.00 bits per heavy atom. The molecule has 0 fully saturated rings. The molecule has 5 heteroatoms. The second-order valence-electron chi connectivity index (χ2n) is 4.57. The predicted molar refractivity (Wildman–Crippen MR) is 84.7 cm³/mol. The molecule has 2 aromatic rings. The third-order valence-electron chi connectivity index (χ3n) is 3.21. The Bertz CT molecular complexity index is 629. The highest BCUT2D eigenvalue weighted by molar-refractivity contribution is 6.33. The summed E-state index contributed by atoms with van der Waals surface area (Å²) in [6.45, 7) is 0. The summed E-state index contributed by atoms with van der Waals surface area (Å²) in [5.41, 5.74) is 1.52. The van der Waals surface area contributed by atoms with Crippen molar-refractivity contribution >= 4 is 23.2 Å². The molecule has 0 aliphatic heterocycles. The molecule has 0 saturated heterocycles. The smallest absolute Gasteiger partial charge is 0.161 e. The minimum Gasteiger partial charge on any atom is -0.493 e. The number of benzene rings is 2. The standard InChI is InChI=1S/C16H16Cl2O3/c1-20-15-6-3-10(9-16(15)21-2)14(19)8-11-7-12(17)4-5-13(11)18/h3-7,9,14,19H,8H2,1-2H3. The number of hydrogen-bond donors (Lipinski definition) is 1. The molecule has 0 radical (unpaired) electrons. The SMILES string of the molecule is COc1ccc(C(O)Cc2cc(Cl)ccc2Cl)cc1OC. The van der Waals surface area contributed by atoms with Gasteiger partial charge in [0, 0.05) is 16.5 Å². The van der Waals surface area contributed by atoms with Gasteiger partial charge in [-0.3, -0.25) is 0 Å². The third-order valence-corrected chi connectivity index (χ3v) is 3.82. The molecule has 0 saturated carbocycles. The lowest BCUT2D eigenvalue weighted by molar-refractivity contribution is 0.178. The van der Waals surface area contributed by atoms with Gasteiger partial charge in [0.05, 0.1) is 20.3 Å². The fourth-order valence-corrected chi connectivity index (χ4v) is 2.48. The maximum atomic E-state index is 10.4. The molecule has 0 heterocycles. The van der Waals surface area contributed by atoms with Crippen LogP contribution >= 0.6 is 23.2 Å². The lowest BCUT2D eigenvalue weighted by Crippen LogP contribution is -2.03. The fourth-order valence-electron chi connectivity index (χ4n) is 2.09. The lowest BCUT2D eigenvalue weighted by atomic mass is 10.0. The Hall–Kier alpha value is -1.42. The topological polar surface area (TPSA) is 38.7 Å². The van der Waals surface area contributed by atoms with Crippen LogP contribution in [0.25, 0.3) is 0 Å². The molecular formula is C16H16Cl2O3. The number of aliphatic hydroxyl groups is 1. The molecule has 112 valence electrons. The van der Waals surface area contributed by atoms with Crippen LogP contribution in [0.1, 0.15) is 17.2 Å². The number of hydrogen-bond acceptors (Lipinski definition) is 3. The molecule has 2 rings (SSSR count). The van der Waals surface area contributed by atoms with E-state index in [9.17, 15) is 5.11 Å². The zero-order chi connectivity index (χ0) is 15.4. The van der Waals surface area contributed by atoms with Crippen LogP contribution in [0.5, 0.6) is 11.5 Å². The number of halogens is 2. The highest BCUT2D eigenvalue weighted by atomic mass is 35.5. The van der Waals surface area contributed by atoms with Crippen LogP contribution in [0.3, 0.4) is 0 Å². The summed E-state index contributed by atoms with van der Waals surface area (Å²) in [5.74, 6) is 1.19. The molecule has 1 N–H and O–H groups in total. The normalized spacial score (nSPS) is 12.0. The van der Waals surface area contributed by atoms with Crippen molar-refractivity contribution in [3.05, 3.63) is 57.6 Å². The summed E-state index contributed by atoms with van der Waals surface area (Å²) in [5, 5.41) is 11.5. The first kappa shape index (κ1) is 16.0. The highest BCUT2D eigenvalue weighted by Crippen LogP contribution is 2.32. The second-order valence-corrected chi connectivity index (χ2v) is 5.41. The minimum absolute atomic E-state index is 0.370. The lowest BCUT2D eigenvalue weighted by Gasteiger charge is -2.15. The summed E-state index contributed by atoms with van der Waals surface area (Å²) in [6.07, 6.45) is -0.338. The molecule has 0 amide bonds. The number of rotatable bonds is 5. The highest BCUT2D eigenvalue weighted by Gasteiger charge is 2.14. The van der Waals surface area contributed by atoms with Crippen LogP contribution in [-0.4, -0.2) is 19.3 Å². The fraction of sp³-hybridized carbons (Fsp3) is 0.250. The van der Waals surface area contributed by atoms with Crippen LogP contribution < -0.4 is 9.47 Å². The van der Waals surface area contributed by atoms with Crippen molar-refractivity contribution in [2.75, 3.05) is 14.2 Å². The van der Waals surface area contributed by atoms with Crippen molar-refractivity contribution in [2.45, 2.75) is 12.5 Å². The molecule has 3 nitrogen and oxygen atoms in total. The third kappa shape index (κ3) is 3.82. The van der Waals surface area contributed by atoms with Crippen molar-refractivity contribution in [3.63, 3.8) is 0 Å². The first-order chi connectivity index (χ1) is 10.0. The van der Waals surface area contributed by atoms with Crippen LogP contribution in [0.15, 0.2) is 36.4 Å². The van der Waals surface area contributed by atoms with Gasteiger partial charge in [0.2, 0.25) is 0 Å². The van der Waals surface area contributed by atoms with Crippen molar-refractivity contribution in [1.82, 2.24) is 0 Å². The van der Waals surface area contributed by atoms with Crippen molar-refractivity contribution in [1.29, 1.82) is 0 Å². The van der Waals surface area contributed by atoms with E-state index in [2.05, 4.69) is 0 Å². The summed E-state index contributed by atoms with van der Waals surface area (Å²) >= 11 is 12.1. The summed E-state index contributed by atoms with van der Waals surface area (Å²) in [7, 11) is 3.13. The van der Waals surface area contributed by atoms with E-state index in [1.165, 1.54) is 0 Å². The number of ether oxygens (including phenoxy) is 2. The molecule has 0 aromatic heterocycles. The molecular weight excluding hydrogens is 311 g/mol. The molecule has 0 bridgehead atoms. The quantitative estimate of drug-likeness (QED) is 0.890. The zero-order valence-electron chi connectivity index (χ0n) is 11.8. The minimum atomic E-state index is -0.708. The summed E-state index contributed by atoms with van der Waals surface area (Å²) < 4.78 is 10.4.